The summed E-state index contributed by atoms with van der Waals surface area (Å²) >= 11 is 3.38. The molecule has 0 aromatic rings. The van der Waals surface area contributed by atoms with Crippen LogP contribution in [0.25, 0.3) is 0 Å². The summed E-state index contributed by atoms with van der Waals surface area (Å²) in [6.07, 6.45) is 14.2. The van der Waals surface area contributed by atoms with Gasteiger partial charge in [0.1, 0.15) is 0 Å². The van der Waals surface area contributed by atoms with Crippen LogP contribution in [-0.2, 0) is 23.7 Å². The zero-order chi connectivity index (χ0) is 23.0. The summed E-state index contributed by atoms with van der Waals surface area (Å²) in [6.45, 7) is 5.30. The van der Waals surface area contributed by atoms with Crippen molar-refractivity contribution in [2.45, 2.75) is 88.6 Å². The monoisotopic (exact) mass is 532 g/mol. The minimum atomic E-state index is -0.258. The summed E-state index contributed by atoms with van der Waals surface area (Å²) in [5.41, 5.74) is 0. The maximum Gasteiger partial charge on any atom is 0.168 e. The quantitative estimate of drug-likeness (QED) is 0.482. The molecule has 6 fully saturated rings. The van der Waals surface area contributed by atoms with E-state index >= 15 is 0 Å². The molecular formula is C26H45BrO6. The van der Waals surface area contributed by atoms with Crippen LogP contribution in [0.5, 0.6) is 0 Å². The van der Waals surface area contributed by atoms with Crippen molar-refractivity contribution in [3.8, 4) is 0 Å². The Kier molecular flexibility index (Phi) is 10.3. The second kappa shape index (κ2) is 13.0. The molecule has 2 aliphatic heterocycles. The normalized spacial score (nSPS) is 30.5. The third-order valence-electron chi connectivity index (χ3n) is 7.94. The van der Waals surface area contributed by atoms with E-state index in [1.807, 2.05) is 0 Å². The maximum absolute atomic E-state index is 8.94. The second-order valence-electron chi connectivity index (χ2n) is 10.9. The van der Waals surface area contributed by atoms with Crippen LogP contribution in [0.2, 0.25) is 0 Å². The summed E-state index contributed by atoms with van der Waals surface area (Å²) in [6, 6.07) is 0. The van der Waals surface area contributed by atoms with Gasteiger partial charge in [-0.15, -0.1) is 0 Å². The molecule has 0 aromatic heterocycles. The summed E-state index contributed by atoms with van der Waals surface area (Å²) in [4.78, 5) is 0. The van der Waals surface area contributed by atoms with Crippen molar-refractivity contribution in [1.82, 2.24) is 0 Å². The van der Waals surface area contributed by atoms with Crippen LogP contribution in [0.4, 0.5) is 0 Å². The topological polar surface area (TPSA) is 66.4 Å². The number of rotatable bonds is 6. The first kappa shape index (κ1) is 26.3. The molecule has 6 nitrogen and oxygen atoms in total. The van der Waals surface area contributed by atoms with E-state index in [0.29, 0.717) is 12.5 Å². The summed E-state index contributed by atoms with van der Waals surface area (Å²) in [5, 5.41) is 10.2. The van der Waals surface area contributed by atoms with E-state index in [4.69, 9.17) is 28.8 Å². The molecular weight excluding hydrogens is 488 g/mol. The van der Waals surface area contributed by atoms with Crippen LogP contribution >= 0.6 is 15.9 Å². The average molecular weight is 534 g/mol. The molecule has 192 valence electrons. The SMILES string of the molecule is BrCC1CC1.C1COC2(CCC(COCC3CC3)CC2)O1.OCC1CCC2(CC1)OCCO2. The van der Waals surface area contributed by atoms with Crippen LogP contribution in [0.15, 0.2) is 0 Å². The van der Waals surface area contributed by atoms with Gasteiger partial charge in [-0.25, -0.2) is 0 Å². The average Bonchev–Trinajstić information content (AvgIpc) is 3.78. The van der Waals surface area contributed by atoms with E-state index in [0.717, 1.165) is 95.9 Å². The fraction of sp³-hybridized carbons (Fsp3) is 1.00. The lowest BCUT2D eigenvalue weighted by atomic mass is 9.85. The largest absolute Gasteiger partial charge is 0.396 e. The van der Waals surface area contributed by atoms with Gasteiger partial charge in [0, 0.05) is 50.8 Å². The smallest absolute Gasteiger partial charge is 0.168 e. The number of aliphatic hydroxyl groups excluding tert-OH is 1. The Bertz CT molecular complexity index is 535. The molecule has 1 N–H and O–H groups in total. The highest BCUT2D eigenvalue weighted by Crippen LogP contribution is 2.39. The van der Waals surface area contributed by atoms with E-state index < -0.39 is 0 Å². The minimum absolute atomic E-state index is 0.201. The standard InChI is InChI=1S/C13H22O3.C9H16O3.C4H7Br/c1-2-11(1)9-14-10-12-3-5-13(6-4-12)15-7-8-16-13;10-7-8-1-3-9(4-2-8)11-5-6-12-9;5-3-4-1-2-4/h11-12H,1-10H2;8,10H,1-7H2;4H,1-3H2. The third kappa shape index (κ3) is 8.69. The zero-order valence-corrected chi connectivity index (χ0v) is 21.9. The van der Waals surface area contributed by atoms with Crippen molar-refractivity contribution in [3.63, 3.8) is 0 Å². The highest BCUT2D eigenvalue weighted by atomic mass is 79.9. The summed E-state index contributed by atoms with van der Waals surface area (Å²) < 4.78 is 28.3. The molecule has 0 atom stereocenters. The highest BCUT2D eigenvalue weighted by molar-refractivity contribution is 9.09. The number of hydrogen-bond acceptors (Lipinski definition) is 6. The minimum Gasteiger partial charge on any atom is -0.396 e. The van der Waals surface area contributed by atoms with Crippen molar-refractivity contribution >= 4 is 15.9 Å². The lowest BCUT2D eigenvalue weighted by Gasteiger charge is -2.35. The summed E-state index contributed by atoms with van der Waals surface area (Å²) in [7, 11) is 0. The molecule has 33 heavy (non-hydrogen) atoms. The first-order valence-corrected chi connectivity index (χ1v) is 14.6. The predicted molar refractivity (Wildman–Crippen MR) is 130 cm³/mol. The number of halogens is 1. The van der Waals surface area contributed by atoms with Gasteiger partial charge in [0.2, 0.25) is 0 Å². The second-order valence-corrected chi connectivity index (χ2v) is 11.5. The molecule has 0 amide bonds. The Morgan fingerprint density at radius 1 is 0.606 bits per heavy atom. The third-order valence-corrected chi connectivity index (χ3v) is 8.85. The molecule has 4 saturated carbocycles. The van der Waals surface area contributed by atoms with E-state index in [1.165, 1.54) is 43.9 Å². The Hall–Kier alpha value is 0.240. The van der Waals surface area contributed by atoms with Crippen LogP contribution in [-0.4, -0.2) is 68.3 Å². The maximum atomic E-state index is 8.94. The van der Waals surface area contributed by atoms with Crippen LogP contribution in [0.3, 0.4) is 0 Å². The van der Waals surface area contributed by atoms with Crippen molar-refractivity contribution in [1.29, 1.82) is 0 Å². The molecule has 4 aliphatic carbocycles. The van der Waals surface area contributed by atoms with Gasteiger partial charge in [0.05, 0.1) is 26.4 Å². The Morgan fingerprint density at radius 2 is 1.00 bits per heavy atom. The van der Waals surface area contributed by atoms with E-state index in [1.54, 1.807) is 0 Å². The van der Waals surface area contributed by atoms with Gasteiger partial charge in [0.25, 0.3) is 0 Å². The molecule has 6 aliphatic rings. The molecule has 2 heterocycles. The predicted octanol–water partition coefficient (Wildman–Crippen LogP) is 5.05. The Labute approximate surface area is 208 Å². The van der Waals surface area contributed by atoms with Gasteiger partial charge in [-0.05, 0) is 75.0 Å². The molecule has 0 unspecified atom stereocenters. The van der Waals surface area contributed by atoms with E-state index in [2.05, 4.69) is 15.9 Å². The fourth-order valence-electron chi connectivity index (χ4n) is 5.11. The zero-order valence-electron chi connectivity index (χ0n) is 20.3. The number of ether oxygens (including phenoxy) is 5. The number of aliphatic hydroxyl groups is 1. The van der Waals surface area contributed by atoms with Gasteiger partial charge in [0.15, 0.2) is 11.6 Å². The lowest BCUT2D eigenvalue weighted by Crippen LogP contribution is -2.36. The van der Waals surface area contributed by atoms with Crippen molar-refractivity contribution in [2.75, 3.05) is 51.6 Å². The van der Waals surface area contributed by atoms with Crippen molar-refractivity contribution in [3.05, 3.63) is 0 Å². The summed E-state index contributed by atoms with van der Waals surface area (Å²) in [5.74, 6) is 2.69. The first-order valence-electron chi connectivity index (χ1n) is 13.4. The van der Waals surface area contributed by atoms with Gasteiger partial charge in [-0.3, -0.25) is 0 Å². The van der Waals surface area contributed by atoms with Gasteiger partial charge >= 0.3 is 0 Å². The molecule has 0 aromatic carbocycles. The lowest BCUT2D eigenvalue weighted by molar-refractivity contribution is -0.184. The fourth-order valence-corrected chi connectivity index (χ4v) is 5.76. The highest BCUT2D eigenvalue weighted by Gasteiger charge is 2.41. The van der Waals surface area contributed by atoms with Gasteiger partial charge < -0.3 is 28.8 Å². The molecule has 0 radical (unpaired) electrons. The van der Waals surface area contributed by atoms with Crippen molar-refractivity contribution in [2.24, 2.45) is 23.7 Å². The molecule has 7 heteroatoms. The van der Waals surface area contributed by atoms with Crippen LogP contribution in [0.1, 0.15) is 77.0 Å². The van der Waals surface area contributed by atoms with Gasteiger partial charge in [-0.1, -0.05) is 15.9 Å². The van der Waals surface area contributed by atoms with E-state index in [-0.39, 0.29) is 11.6 Å². The molecule has 0 bridgehead atoms. The number of alkyl halides is 1. The Balaban J connectivity index is 0.000000134. The molecule has 2 saturated heterocycles. The van der Waals surface area contributed by atoms with Crippen molar-refractivity contribution < 1.29 is 28.8 Å². The van der Waals surface area contributed by atoms with Crippen LogP contribution < -0.4 is 0 Å². The molecule has 2 spiro atoms. The Morgan fingerprint density at radius 3 is 1.33 bits per heavy atom. The van der Waals surface area contributed by atoms with Crippen LogP contribution in [0, 0.1) is 23.7 Å². The van der Waals surface area contributed by atoms with E-state index in [9.17, 15) is 0 Å². The molecule has 6 rings (SSSR count). The first-order chi connectivity index (χ1) is 16.1. The van der Waals surface area contributed by atoms with Gasteiger partial charge in [-0.2, -0.15) is 0 Å². The number of hydrogen-bond donors (Lipinski definition) is 1.